The Morgan fingerprint density at radius 2 is 1.92 bits per heavy atom. The lowest BCUT2D eigenvalue weighted by Gasteiger charge is -2.17. The quantitative estimate of drug-likeness (QED) is 0.652. The van der Waals surface area contributed by atoms with E-state index in [4.69, 9.17) is 27.4 Å². The largest absolute Gasteiger partial charge is 0.310 e. The summed E-state index contributed by atoms with van der Waals surface area (Å²) >= 11 is 6.23. The van der Waals surface area contributed by atoms with E-state index in [-0.39, 0.29) is 6.04 Å². The summed E-state index contributed by atoms with van der Waals surface area (Å²) in [7, 11) is 0. The van der Waals surface area contributed by atoms with E-state index in [1.165, 1.54) is 0 Å². The second-order valence-electron chi connectivity index (χ2n) is 6.29. The van der Waals surface area contributed by atoms with Crippen LogP contribution >= 0.6 is 11.6 Å². The Bertz CT molecular complexity index is 781. The molecule has 1 aliphatic rings. The van der Waals surface area contributed by atoms with Gasteiger partial charge in [-0.25, -0.2) is 10.8 Å². The predicted molar refractivity (Wildman–Crippen MR) is 101 cm³/mol. The van der Waals surface area contributed by atoms with Gasteiger partial charge in [-0.1, -0.05) is 55.8 Å². The monoisotopic (exact) mass is 340 g/mol. The number of nitrogens with zero attached hydrogens (tertiary/aromatic N) is 2. The van der Waals surface area contributed by atoms with Crippen LogP contribution in [0, 0.1) is 5.92 Å². The molecule has 124 valence electrons. The van der Waals surface area contributed by atoms with Crippen molar-refractivity contribution in [2.45, 2.75) is 26.3 Å². The van der Waals surface area contributed by atoms with Crippen molar-refractivity contribution in [1.29, 1.82) is 0 Å². The lowest BCUT2D eigenvalue weighted by Crippen LogP contribution is -2.39. The molecule has 0 amide bonds. The van der Waals surface area contributed by atoms with Gasteiger partial charge in [0.1, 0.15) is 11.9 Å². The third-order valence-corrected chi connectivity index (χ3v) is 4.18. The molecule has 0 aromatic heterocycles. The molecule has 3 N–H and O–H groups in total. The lowest BCUT2D eigenvalue weighted by atomic mass is 9.99. The minimum absolute atomic E-state index is 0.114. The fourth-order valence-corrected chi connectivity index (χ4v) is 3.02. The highest BCUT2D eigenvalue weighted by Gasteiger charge is 2.24. The van der Waals surface area contributed by atoms with Gasteiger partial charge in [0.05, 0.1) is 11.4 Å². The van der Waals surface area contributed by atoms with Crippen molar-refractivity contribution in [3.63, 3.8) is 0 Å². The SMILES string of the molecule is CC(C)CC1N=C(c2ccccc2)c2cc(Cl)ccc2N=C1NN. The van der Waals surface area contributed by atoms with Crippen molar-refractivity contribution in [2.24, 2.45) is 21.7 Å². The van der Waals surface area contributed by atoms with Crippen LogP contribution in [0.2, 0.25) is 5.02 Å². The van der Waals surface area contributed by atoms with Gasteiger partial charge in [0.25, 0.3) is 0 Å². The van der Waals surface area contributed by atoms with Gasteiger partial charge in [0.2, 0.25) is 0 Å². The number of halogens is 1. The maximum absolute atomic E-state index is 6.23. The summed E-state index contributed by atoms with van der Waals surface area (Å²) in [6, 6.07) is 15.7. The fourth-order valence-electron chi connectivity index (χ4n) is 2.85. The molecule has 2 aromatic carbocycles. The summed E-state index contributed by atoms with van der Waals surface area (Å²) in [5.41, 5.74) is 6.42. The molecule has 1 aliphatic heterocycles. The van der Waals surface area contributed by atoms with Gasteiger partial charge in [-0.2, -0.15) is 0 Å². The smallest absolute Gasteiger partial charge is 0.141 e. The van der Waals surface area contributed by atoms with Gasteiger partial charge in [-0.05, 0) is 30.5 Å². The number of hydrogen-bond donors (Lipinski definition) is 2. The molecule has 0 aliphatic carbocycles. The molecule has 0 spiro atoms. The third-order valence-electron chi connectivity index (χ3n) is 3.94. The van der Waals surface area contributed by atoms with Gasteiger partial charge in [-0.3, -0.25) is 4.99 Å². The van der Waals surface area contributed by atoms with E-state index < -0.39 is 0 Å². The van der Waals surface area contributed by atoms with Gasteiger partial charge in [-0.15, -0.1) is 0 Å². The lowest BCUT2D eigenvalue weighted by molar-refractivity contribution is 0.555. The standard InChI is InChI=1S/C19H21ClN4/c1-12(2)10-17-19(24-21)23-16-9-8-14(20)11-15(16)18(22-17)13-6-4-3-5-7-13/h3-9,11-12,17H,10,21H2,1-2H3,(H,23,24). The number of hydrazine groups is 1. The van der Waals surface area contributed by atoms with E-state index in [0.29, 0.717) is 16.8 Å². The zero-order valence-electron chi connectivity index (χ0n) is 13.8. The highest BCUT2D eigenvalue weighted by Crippen LogP contribution is 2.30. The molecule has 1 heterocycles. The number of rotatable bonds is 3. The first-order chi connectivity index (χ1) is 11.6. The van der Waals surface area contributed by atoms with Gasteiger partial charge < -0.3 is 5.43 Å². The van der Waals surface area contributed by atoms with Crippen LogP contribution in [0.5, 0.6) is 0 Å². The minimum Gasteiger partial charge on any atom is -0.310 e. The maximum Gasteiger partial charge on any atom is 0.141 e. The Kier molecular flexibility index (Phi) is 4.97. The summed E-state index contributed by atoms with van der Waals surface area (Å²) in [6.45, 7) is 4.33. The molecular weight excluding hydrogens is 320 g/mol. The molecule has 1 atom stereocenters. The van der Waals surface area contributed by atoms with Crippen molar-refractivity contribution in [1.82, 2.24) is 5.43 Å². The topological polar surface area (TPSA) is 62.8 Å². The zero-order chi connectivity index (χ0) is 17.1. The van der Waals surface area contributed by atoms with Crippen LogP contribution in [0.1, 0.15) is 31.4 Å². The van der Waals surface area contributed by atoms with Crippen molar-refractivity contribution < 1.29 is 0 Å². The maximum atomic E-state index is 6.23. The molecule has 0 fully saturated rings. The second kappa shape index (κ2) is 7.16. The Hall–Kier alpha value is -2.17. The van der Waals surface area contributed by atoms with Crippen LogP contribution in [-0.4, -0.2) is 17.6 Å². The molecule has 0 radical (unpaired) electrons. The van der Waals surface area contributed by atoms with Crippen LogP contribution in [0.15, 0.2) is 58.5 Å². The molecule has 0 saturated heterocycles. The van der Waals surface area contributed by atoms with Gasteiger partial charge in [0.15, 0.2) is 0 Å². The predicted octanol–water partition coefficient (Wildman–Crippen LogP) is 4.10. The normalized spacial score (nSPS) is 17.0. The second-order valence-corrected chi connectivity index (χ2v) is 6.73. The third kappa shape index (κ3) is 3.50. The number of fused-ring (bicyclic) bond motifs is 1. The molecule has 1 unspecified atom stereocenters. The van der Waals surface area contributed by atoms with Crippen molar-refractivity contribution in [2.75, 3.05) is 0 Å². The van der Waals surface area contributed by atoms with Crippen LogP contribution in [-0.2, 0) is 0 Å². The number of benzene rings is 2. The molecule has 2 aromatic rings. The van der Waals surface area contributed by atoms with E-state index in [1.54, 1.807) is 0 Å². The van der Waals surface area contributed by atoms with E-state index in [2.05, 4.69) is 31.4 Å². The Morgan fingerprint density at radius 1 is 1.17 bits per heavy atom. The first-order valence-corrected chi connectivity index (χ1v) is 8.44. The summed E-state index contributed by atoms with van der Waals surface area (Å²) in [4.78, 5) is 9.72. The molecule has 3 rings (SSSR count). The van der Waals surface area contributed by atoms with Crippen LogP contribution in [0.25, 0.3) is 0 Å². The van der Waals surface area contributed by atoms with Crippen molar-refractivity contribution >= 4 is 28.8 Å². The summed E-state index contributed by atoms with van der Waals surface area (Å²) in [5, 5.41) is 0.664. The number of amidine groups is 1. The van der Waals surface area contributed by atoms with E-state index in [9.17, 15) is 0 Å². The number of hydrogen-bond acceptors (Lipinski definition) is 4. The number of aliphatic imine (C=N–C) groups is 2. The van der Waals surface area contributed by atoms with Crippen molar-refractivity contribution in [3.8, 4) is 0 Å². The molecule has 24 heavy (non-hydrogen) atoms. The van der Waals surface area contributed by atoms with Gasteiger partial charge in [0, 0.05) is 16.1 Å². The molecular formula is C19H21ClN4. The summed E-state index contributed by atoms with van der Waals surface area (Å²) in [5.74, 6) is 6.88. The Morgan fingerprint density at radius 3 is 2.58 bits per heavy atom. The minimum atomic E-state index is -0.114. The average molecular weight is 341 g/mol. The first-order valence-electron chi connectivity index (χ1n) is 8.07. The van der Waals surface area contributed by atoms with E-state index >= 15 is 0 Å². The highest BCUT2D eigenvalue weighted by atomic mass is 35.5. The highest BCUT2D eigenvalue weighted by molar-refractivity contribution is 6.31. The summed E-state index contributed by atoms with van der Waals surface area (Å²) < 4.78 is 0. The Labute approximate surface area is 147 Å². The van der Waals surface area contributed by atoms with E-state index in [0.717, 1.165) is 28.9 Å². The molecule has 4 nitrogen and oxygen atoms in total. The zero-order valence-corrected chi connectivity index (χ0v) is 14.6. The van der Waals surface area contributed by atoms with E-state index in [1.807, 2.05) is 36.4 Å². The molecule has 5 heteroatoms. The van der Waals surface area contributed by atoms with Crippen LogP contribution < -0.4 is 11.3 Å². The molecule has 0 bridgehead atoms. The van der Waals surface area contributed by atoms with Gasteiger partial charge >= 0.3 is 0 Å². The molecule has 0 saturated carbocycles. The number of nitrogens with one attached hydrogen (secondary N) is 1. The Balaban J connectivity index is 2.21. The average Bonchev–Trinajstić information content (AvgIpc) is 2.72. The van der Waals surface area contributed by atoms with Crippen LogP contribution in [0.4, 0.5) is 5.69 Å². The first kappa shape index (κ1) is 16.7. The van der Waals surface area contributed by atoms with Crippen LogP contribution in [0.3, 0.4) is 0 Å². The number of nitrogens with two attached hydrogens (primary N) is 1. The van der Waals surface area contributed by atoms with Crippen molar-refractivity contribution in [3.05, 3.63) is 64.7 Å². The fraction of sp³-hybridized carbons (Fsp3) is 0.263. The summed E-state index contributed by atoms with van der Waals surface area (Å²) in [6.07, 6.45) is 0.862.